The van der Waals surface area contributed by atoms with Crippen molar-refractivity contribution in [1.82, 2.24) is 5.32 Å². The van der Waals surface area contributed by atoms with Gasteiger partial charge < -0.3 is 11.1 Å². The molecule has 1 atom stereocenters. The lowest BCUT2D eigenvalue weighted by molar-refractivity contribution is 0.0951. The third-order valence-corrected chi connectivity index (χ3v) is 3.34. The van der Waals surface area contributed by atoms with Gasteiger partial charge in [-0.3, -0.25) is 4.79 Å². The van der Waals surface area contributed by atoms with Gasteiger partial charge >= 0.3 is 0 Å². The zero-order valence-electron chi connectivity index (χ0n) is 11.3. The quantitative estimate of drug-likeness (QED) is 0.847. The van der Waals surface area contributed by atoms with E-state index in [-0.39, 0.29) is 11.8 Å². The van der Waals surface area contributed by atoms with Gasteiger partial charge in [-0.25, -0.2) is 0 Å². The fourth-order valence-electron chi connectivity index (χ4n) is 1.99. The van der Waals surface area contributed by atoms with Gasteiger partial charge in [-0.15, -0.1) is 0 Å². The number of carbonyl (C=O) groups excluding carboxylic acids is 1. The first-order valence-corrected chi connectivity index (χ1v) is 6.83. The number of nitrogens with two attached hydrogens (primary N) is 1. The Bertz CT molecular complexity index is 578. The van der Waals surface area contributed by atoms with Crippen molar-refractivity contribution in [1.29, 1.82) is 0 Å². The number of nitrogen functional groups attached to an aromatic ring is 1. The van der Waals surface area contributed by atoms with E-state index in [2.05, 4.69) is 12.2 Å². The summed E-state index contributed by atoms with van der Waals surface area (Å²) in [7, 11) is 0. The molecule has 0 bridgehead atoms. The number of hydrogen-bond donors (Lipinski definition) is 2. The molecule has 3 N–H and O–H groups in total. The monoisotopic (exact) mass is 288 g/mol. The Hall–Kier alpha value is -2.00. The van der Waals surface area contributed by atoms with E-state index in [9.17, 15) is 4.79 Å². The van der Waals surface area contributed by atoms with Gasteiger partial charge in [0.2, 0.25) is 0 Å². The van der Waals surface area contributed by atoms with Crippen LogP contribution in [0, 0.1) is 0 Å². The molecule has 2 rings (SSSR count). The molecule has 1 unspecified atom stereocenters. The molecule has 0 saturated carbocycles. The van der Waals surface area contributed by atoms with Crippen LogP contribution in [-0.4, -0.2) is 12.5 Å². The van der Waals surface area contributed by atoms with E-state index >= 15 is 0 Å². The summed E-state index contributed by atoms with van der Waals surface area (Å²) in [5.74, 6) is 0.0821. The molecule has 2 aromatic carbocycles. The van der Waals surface area contributed by atoms with Crippen LogP contribution in [0.4, 0.5) is 5.69 Å². The highest BCUT2D eigenvalue weighted by Gasteiger charge is 2.10. The van der Waals surface area contributed by atoms with Gasteiger partial charge in [0, 0.05) is 22.8 Å². The summed E-state index contributed by atoms with van der Waals surface area (Å²) in [6, 6.07) is 14.9. The Kier molecular flexibility index (Phi) is 4.64. The number of hydrogen-bond acceptors (Lipinski definition) is 2. The SMILES string of the molecule is CC(CNC(=O)c1cc(N)cc(Cl)c1)c1ccccc1. The summed E-state index contributed by atoms with van der Waals surface area (Å²) in [4.78, 5) is 12.1. The van der Waals surface area contributed by atoms with E-state index in [1.807, 2.05) is 30.3 Å². The lowest BCUT2D eigenvalue weighted by Gasteiger charge is -2.13. The molecule has 1 amide bonds. The van der Waals surface area contributed by atoms with Crippen molar-refractivity contribution in [2.45, 2.75) is 12.8 Å². The number of anilines is 1. The Balaban J connectivity index is 1.98. The molecule has 0 heterocycles. The maximum Gasteiger partial charge on any atom is 0.251 e. The van der Waals surface area contributed by atoms with Gasteiger partial charge in [-0.2, -0.15) is 0 Å². The van der Waals surface area contributed by atoms with Crippen molar-refractivity contribution >= 4 is 23.2 Å². The van der Waals surface area contributed by atoms with Crippen LogP contribution in [-0.2, 0) is 0 Å². The van der Waals surface area contributed by atoms with E-state index in [4.69, 9.17) is 17.3 Å². The molecule has 4 heteroatoms. The predicted molar refractivity (Wildman–Crippen MR) is 83.1 cm³/mol. The Morgan fingerprint density at radius 1 is 1.25 bits per heavy atom. The van der Waals surface area contributed by atoms with Crippen LogP contribution < -0.4 is 11.1 Å². The Morgan fingerprint density at radius 3 is 2.60 bits per heavy atom. The summed E-state index contributed by atoms with van der Waals surface area (Å²) in [5, 5.41) is 3.36. The summed E-state index contributed by atoms with van der Waals surface area (Å²) in [6.07, 6.45) is 0. The third kappa shape index (κ3) is 3.75. The molecule has 0 radical (unpaired) electrons. The lowest BCUT2D eigenvalue weighted by Crippen LogP contribution is -2.27. The standard InChI is InChI=1S/C16H17ClN2O/c1-11(12-5-3-2-4-6-12)10-19-16(20)13-7-14(17)9-15(18)8-13/h2-9,11H,10,18H2,1H3,(H,19,20). The normalized spacial score (nSPS) is 11.9. The van der Waals surface area contributed by atoms with E-state index in [0.717, 1.165) is 0 Å². The first kappa shape index (κ1) is 14.4. The van der Waals surface area contributed by atoms with Crippen LogP contribution in [0.2, 0.25) is 5.02 Å². The van der Waals surface area contributed by atoms with Crippen LogP contribution in [0.15, 0.2) is 48.5 Å². The molecule has 20 heavy (non-hydrogen) atoms. The fourth-order valence-corrected chi connectivity index (χ4v) is 2.23. The molecule has 0 aliphatic rings. The highest BCUT2D eigenvalue weighted by atomic mass is 35.5. The molecule has 104 valence electrons. The van der Waals surface area contributed by atoms with Crippen molar-refractivity contribution in [3.8, 4) is 0 Å². The maximum absolute atomic E-state index is 12.1. The first-order valence-electron chi connectivity index (χ1n) is 6.45. The average Bonchev–Trinajstić information content (AvgIpc) is 2.44. The highest BCUT2D eigenvalue weighted by molar-refractivity contribution is 6.31. The van der Waals surface area contributed by atoms with Crippen molar-refractivity contribution in [3.63, 3.8) is 0 Å². The molecule has 0 fully saturated rings. The van der Waals surface area contributed by atoms with E-state index < -0.39 is 0 Å². The second-order valence-electron chi connectivity index (χ2n) is 4.79. The Morgan fingerprint density at radius 2 is 1.95 bits per heavy atom. The number of amides is 1. The lowest BCUT2D eigenvalue weighted by atomic mass is 10.0. The van der Waals surface area contributed by atoms with E-state index in [0.29, 0.717) is 22.8 Å². The van der Waals surface area contributed by atoms with Crippen LogP contribution in [0.25, 0.3) is 0 Å². The first-order chi connectivity index (χ1) is 9.56. The van der Waals surface area contributed by atoms with Crippen LogP contribution in [0.3, 0.4) is 0 Å². The number of nitrogens with one attached hydrogen (secondary N) is 1. The topological polar surface area (TPSA) is 55.1 Å². The summed E-state index contributed by atoms with van der Waals surface area (Å²) < 4.78 is 0. The molecule has 3 nitrogen and oxygen atoms in total. The second kappa shape index (κ2) is 6.44. The van der Waals surface area contributed by atoms with Crippen molar-refractivity contribution in [3.05, 3.63) is 64.7 Å². The molecular formula is C16H17ClN2O. The van der Waals surface area contributed by atoms with Crippen LogP contribution in [0.5, 0.6) is 0 Å². The summed E-state index contributed by atoms with van der Waals surface area (Å²) in [5.41, 5.74) is 7.84. The number of benzene rings is 2. The number of rotatable bonds is 4. The molecule has 0 aliphatic carbocycles. The minimum atomic E-state index is -0.165. The largest absolute Gasteiger partial charge is 0.399 e. The Labute approximate surface area is 123 Å². The minimum Gasteiger partial charge on any atom is -0.399 e. The summed E-state index contributed by atoms with van der Waals surface area (Å²) in [6.45, 7) is 2.64. The third-order valence-electron chi connectivity index (χ3n) is 3.12. The zero-order chi connectivity index (χ0) is 14.5. The van der Waals surface area contributed by atoms with Gasteiger partial charge in [-0.1, -0.05) is 48.9 Å². The van der Waals surface area contributed by atoms with Gasteiger partial charge in [0.05, 0.1) is 0 Å². The minimum absolute atomic E-state index is 0.165. The highest BCUT2D eigenvalue weighted by Crippen LogP contribution is 2.17. The molecule has 0 aromatic heterocycles. The van der Waals surface area contributed by atoms with Crippen molar-refractivity contribution in [2.75, 3.05) is 12.3 Å². The van der Waals surface area contributed by atoms with Gasteiger partial charge in [0.25, 0.3) is 5.91 Å². The number of halogens is 1. The van der Waals surface area contributed by atoms with Crippen LogP contribution in [0.1, 0.15) is 28.8 Å². The summed E-state index contributed by atoms with van der Waals surface area (Å²) >= 11 is 5.89. The number of carbonyl (C=O) groups is 1. The smallest absolute Gasteiger partial charge is 0.251 e. The van der Waals surface area contributed by atoms with Gasteiger partial charge in [0.15, 0.2) is 0 Å². The van der Waals surface area contributed by atoms with E-state index in [1.165, 1.54) is 5.56 Å². The van der Waals surface area contributed by atoms with Crippen molar-refractivity contribution in [2.24, 2.45) is 0 Å². The van der Waals surface area contributed by atoms with Crippen molar-refractivity contribution < 1.29 is 4.79 Å². The zero-order valence-corrected chi connectivity index (χ0v) is 12.0. The van der Waals surface area contributed by atoms with Crippen LogP contribution >= 0.6 is 11.6 Å². The molecule has 0 spiro atoms. The predicted octanol–water partition coefficient (Wildman–Crippen LogP) is 3.46. The average molecular weight is 289 g/mol. The maximum atomic E-state index is 12.1. The second-order valence-corrected chi connectivity index (χ2v) is 5.23. The molecule has 0 saturated heterocycles. The van der Waals surface area contributed by atoms with Gasteiger partial charge in [-0.05, 0) is 29.7 Å². The molecule has 2 aromatic rings. The van der Waals surface area contributed by atoms with E-state index in [1.54, 1.807) is 18.2 Å². The molecular weight excluding hydrogens is 272 g/mol. The van der Waals surface area contributed by atoms with Gasteiger partial charge in [0.1, 0.15) is 0 Å². The molecule has 0 aliphatic heterocycles. The fraction of sp³-hybridized carbons (Fsp3) is 0.188.